The van der Waals surface area contributed by atoms with Gasteiger partial charge in [-0.25, -0.2) is 0 Å². The Balaban J connectivity index is 2.34. The molecular weight excluding hydrogens is 192 g/mol. The molecule has 0 radical (unpaired) electrons. The van der Waals surface area contributed by atoms with Gasteiger partial charge in [-0.05, 0) is 40.0 Å². The Morgan fingerprint density at radius 2 is 2.00 bits per heavy atom. The van der Waals surface area contributed by atoms with Gasteiger partial charge >= 0.3 is 0 Å². The quantitative estimate of drug-likeness (QED) is 0.635. The smallest absolute Gasteiger partial charge is 0.237 e. The summed E-state index contributed by atoms with van der Waals surface area (Å²) in [5.74, 6) is 0.00380. The molecule has 88 valence electrons. The Kier molecular flexibility index (Phi) is 4.54. The molecule has 1 unspecified atom stereocenters. The first kappa shape index (κ1) is 12.5. The fourth-order valence-corrected chi connectivity index (χ4v) is 1.94. The fraction of sp³-hybridized carbons (Fsp3) is 0.909. The summed E-state index contributed by atoms with van der Waals surface area (Å²) in [5.41, 5.74) is 0. The van der Waals surface area contributed by atoms with Gasteiger partial charge in [-0.1, -0.05) is 0 Å². The van der Waals surface area contributed by atoms with E-state index < -0.39 is 0 Å². The SMILES string of the molecule is CC(C)NC(=O)C(C)N[C@@H]1CCC[C@H]1O. The van der Waals surface area contributed by atoms with E-state index in [1.54, 1.807) is 0 Å². The van der Waals surface area contributed by atoms with Gasteiger partial charge < -0.3 is 15.7 Å². The van der Waals surface area contributed by atoms with Crippen LogP contribution in [0.4, 0.5) is 0 Å². The highest BCUT2D eigenvalue weighted by Crippen LogP contribution is 2.19. The maximum atomic E-state index is 11.6. The molecule has 15 heavy (non-hydrogen) atoms. The number of aliphatic hydroxyl groups excluding tert-OH is 1. The van der Waals surface area contributed by atoms with Crippen molar-refractivity contribution >= 4 is 5.91 Å². The van der Waals surface area contributed by atoms with Crippen LogP contribution in [0.1, 0.15) is 40.0 Å². The molecule has 1 fully saturated rings. The molecule has 0 aliphatic heterocycles. The number of carbonyl (C=O) groups is 1. The summed E-state index contributed by atoms with van der Waals surface area (Å²) >= 11 is 0. The fourth-order valence-electron chi connectivity index (χ4n) is 1.94. The summed E-state index contributed by atoms with van der Waals surface area (Å²) in [4.78, 5) is 11.6. The molecule has 1 rings (SSSR count). The molecule has 0 heterocycles. The third-order valence-electron chi connectivity index (χ3n) is 2.77. The summed E-state index contributed by atoms with van der Waals surface area (Å²) < 4.78 is 0. The van der Waals surface area contributed by atoms with Crippen molar-refractivity contribution in [2.75, 3.05) is 0 Å². The third-order valence-corrected chi connectivity index (χ3v) is 2.77. The average molecular weight is 214 g/mol. The van der Waals surface area contributed by atoms with Crippen LogP contribution in [0.2, 0.25) is 0 Å². The van der Waals surface area contributed by atoms with E-state index in [9.17, 15) is 9.90 Å². The number of hydrogen-bond acceptors (Lipinski definition) is 3. The molecule has 0 spiro atoms. The average Bonchev–Trinajstić information content (AvgIpc) is 2.50. The summed E-state index contributed by atoms with van der Waals surface area (Å²) in [7, 11) is 0. The Bertz CT molecular complexity index is 219. The van der Waals surface area contributed by atoms with Gasteiger partial charge in [0, 0.05) is 12.1 Å². The Morgan fingerprint density at radius 1 is 1.33 bits per heavy atom. The van der Waals surface area contributed by atoms with Crippen LogP contribution >= 0.6 is 0 Å². The molecular formula is C11H22N2O2. The van der Waals surface area contributed by atoms with Crippen LogP contribution in [0, 0.1) is 0 Å². The maximum Gasteiger partial charge on any atom is 0.237 e. The second kappa shape index (κ2) is 5.47. The van der Waals surface area contributed by atoms with Crippen molar-refractivity contribution in [3.63, 3.8) is 0 Å². The second-order valence-corrected chi connectivity index (χ2v) is 4.66. The van der Waals surface area contributed by atoms with E-state index in [2.05, 4.69) is 10.6 Å². The topological polar surface area (TPSA) is 61.4 Å². The minimum Gasteiger partial charge on any atom is -0.392 e. The van der Waals surface area contributed by atoms with Gasteiger partial charge in [-0.3, -0.25) is 4.79 Å². The monoisotopic (exact) mass is 214 g/mol. The van der Waals surface area contributed by atoms with Crippen LogP contribution in [-0.2, 0) is 4.79 Å². The minimum absolute atomic E-state index is 0.00380. The predicted molar refractivity (Wildman–Crippen MR) is 59.5 cm³/mol. The molecule has 3 atom stereocenters. The molecule has 0 aromatic carbocycles. The number of nitrogens with one attached hydrogen (secondary N) is 2. The highest BCUT2D eigenvalue weighted by atomic mass is 16.3. The van der Waals surface area contributed by atoms with Gasteiger partial charge in [0.1, 0.15) is 0 Å². The number of amides is 1. The normalized spacial score (nSPS) is 28.1. The molecule has 4 heteroatoms. The van der Waals surface area contributed by atoms with Crippen molar-refractivity contribution in [1.82, 2.24) is 10.6 Å². The molecule has 0 bridgehead atoms. The highest BCUT2D eigenvalue weighted by Gasteiger charge is 2.27. The number of aliphatic hydroxyl groups is 1. The van der Waals surface area contributed by atoms with E-state index >= 15 is 0 Å². The van der Waals surface area contributed by atoms with Crippen LogP contribution in [0.3, 0.4) is 0 Å². The zero-order valence-corrected chi connectivity index (χ0v) is 9.79. The lowest BCUT2D eigenvalue weighted by Crippen LogP contribution is -2.50. The van der Waals surface area contributed by atoms with E-state index in [1.807, 2.05) is 20.8 Å². The second-order valence-electron chi connectivity index (χ2n) is 4.66. The first-order valence-corrected chi connectivity index (χ1v) is 5.75. The lowest BCUT2D eigenvalue weighted by Gasteiger charge is -2.22. The van der Waals surface area contributed by atoms with Gasteiger partial charge in [-0.15, -0.1) is 0 Å². The number of rotatable bonds is 4. The molecule has 0 aromatic heterocycles. The molecule has 1 aliphatic rings. The molecule has 4 nitrogen and oxygen atoms in total. The molecule has 1 amide bonds. The Labute approximate surface area is 91.4 Å². The maximum absolute atomic E-state index is 11.6. The van der Waals surface area contributed by atoms with Crippen molar-refractivity contribution in [3.8, 4) is 0 Å². The molecule has 1 aliphatic carbocycles. The lowest BCUT2D eigenvalue weighted by atomic mass is 10.1. The van der Waals surface area contributed by atoms with E-state index in [-0.39, 0.29) is 30.1 Å². The van der Waals surface area contributed by atoms with Gasteiger partial charge in [0.25, 0.3) is 0 Å². The first-order chi connectivity index (χ1) is 7.00. The van der Waals surface area contributed by atoms with Crippen molar-refractivity contribution < 1.29 is 9.90 Å². The van der Waals surface area contributed by atoms with Gasteiger partial charge in [0.05, 0.1) is 12.1 Å². The van der Waals surface area contributed by atoms with Gasteiger partial charge in [-0.2, -0.15) is 0 Å². The van der Waals surface area contributed by atoms with E-state index in [4.69, 9.17) is 0 Å². The van der Waals surface area contributed by atoms with Crippen molar-refractivity contribution in [3.05, 3.63) is 0 Å². The number of carbonyl (C=O) groups excluding carboxylic acids is 1. The number of hydrogen-bond donors (Lipinski definition) is 3. The molecule has 0 saturated heterocycles. The highest BCUT2D eigenvalue weighted by molar-refractivity contribution is 5.81. The predicted octanol–water partition coefficient (Wildman–Crippen LogP) is 0.402. The lowest BCUT2D eigenvalue weighted by molar-refractivity contribution is -0.123. The summed E-state index contributed by atoms with van der Waals surface area (Å²) in [5, 5.41) is 15.6. The van der Waals surface area contributed by atoms with Crippen molar-refractivity contribution in [1.29, 1.82) is 0 Å². The van der Waals surface area contributed by atoms with E-state index in [1.165, 1.54) is 0 Å². The Hall–Kier alpha value is -0.610. The molecule has 3 N–H and O–H groups in total. The van der Waals surface area contributed by atoms with Crippen LogP contribution in [-0.4, -0.2) is 35.2 Å². The van der Waals surface area contributed by atoms with Crippen LogP contribution in [0.15, 0.2) is 0 Å². The van der Waals surface area contributed by atoms with Gasteiger partial charge in [0.15, 0.2) is 0 Å². The van der Waals surface area contributed by atoms with E-state index in [0.717, 1.165) is 19.3 Å². The van der Waals surface area contributed by atoms with Crippen LogP contribution in [0.25, 0.3) is 0 Å². The Morgan fingerprint density at radius 3 is 2.47 bits per heavy atom. The standard InChI is InChI=1S/C11H22N2O2/c1-7(2)12-11(15)8(3)13-9-5-4-6-10(9)14/h7-10,13-14H,4-6H2,1-3H3,(H,12,15)/t8?,9-,10-/m1/s1. The molecule has 0 aromatic rings. The van der Waals surface area contributed by atoms with Crippen molar-refractivity contribution in [2.24, 2.45) is 0 Å². The van der Waals surface area contributed by atoms with Crippen LogP contribution in [0.5, 0.6) is 0 Å². The third kappa shape index (κ3) is 3.80. The minimum atomic E-state index is -0.292. The zero-order chi connectivity index (χ0) is 11.4. The van der Waals surface area contributed by atoms with Crippen LogP contribution < -0.4 is 10.6 Å². The largest absolute Gasteiger partial charge is 0.392 e. The van der Waals surface area contributed by atoms with Gasteiger partial charge in [0.2, 0.25) is 5.91 Å². The summed E-state index contributed by atoms with van der Waals surface area (Å²) in [6, 6.07) is 0.0123. The first-order valence-electron chi connectivity index (χ1n) is 5.75. The van der Waals surface area contributed by atoms with Crippen molar-refractivity contribution in [2.45, 2.75) is 64.3 Å². The summed E-state index contributed by atoms with van der Waals surface area (Å²) in [6.07, 6.45) is 2.55. The zero-order valence-electron chi connectivity index (χ0n) is 9.79. The molecule has 1 saturated carbocycles. The summed E-state index contributed by atoms with van der Waals surface area (Å²) in [6.45, 7) is 5.72. The van der Waals surface area contributed by atoms with E-state index in [0.29, 0.717) is 0 Å².